The van der Waals surface area contributed by atoms with E-state index < -0.39 is 5.97 Å². The Morgan fingerprint density at radius 3 is 2.42 bits per heavy atom. The molecule has 1 unspecified atom stereocenters. The molecule has 1 rings (SSSR count). The van der Waals surface area contributed by atoms with Crippen LogP contribution in [0.25, 0.3) is 0 Å². The van der Waals surface area contributed by atoms with Gasteiger partial charge in [-0.3, -0.25) is 0 Å². The molecule has 64 valence electrons. The lowest BCUT2D eigenvalue weighted by Crippen LogP contribution is -1.95. The van der Waals surface area contributed by atoms with Crippen LogP contribution in [0.15, 0.2) is 24.3 Å². The van der Waals surface area contributed by atoms with E-state index in [9.17, 15) is 4.79 Å². The van der Waals surface area contributed by atoms with Gasteiger partial charge in [0.2, 0.25) is 0 Å². The first-order chi connectivity index (χ1) is 5.74. The van der Waals surface area contributed by atoms with Gasteiger partial charge in [-0.05, 0) is 17.7 Å². The molecule has 0 radical (unpaired) electrons. The van der Waals surface area contributed by atoms with Gasteiger partial charge in [0, 0.05) is 9.47 Å². The zero-order chi connectivity index (χ0) is 8.97. The minimum absolute atomic E-state index is 0.294. The average molecular weight is 184 g/mol. The fourth-order valence-corrected chi connectivity index (χ4v) is 1.03. The summed E-state index contributed by atoms with van der Waals surface area (Å²) in [5.41, 5.74) is 1.25. The van der Waals surface area contributed by atoms with Gasteiger partial charge in [0.1, 0.15) is 0 Å². The first-order valence-corrected chi connectivity index (χ1v) is 3.85. The number of rotatable bonds is 3. The number of hydrogen-bond donors (Lipinski definition) is 1. The first kappa shape index (κ1) is 9.17. The van der Waals surface area contributed by atoms with Gasteiger partial charge >= 0.3 is 5.97 Å². The molecule has 0 saturated carbocycles. The van der Waals surface area contributed by atoms with Crippen LogP contribution < -0.4 is 0 Å². The summed E-state index contributed by atoms with van der Waals surface area (Å²) in [6, 6.07) is 6.57. The van der Waals surface area contributed by atoms with Crippen LogP contribution >= 0.6 is 9.47 Å². The minimum Gasteiger partial charge on any atom is -0.478 e. The molecule has 1 aromatic carbocycles. The van der Waals surface area contributed by atoms with E-state index in [1.54, 1.807) is 24.3 Å². The highest BCUT2D eigenvalue weighted by atomic mass is 31.0. The maximum absolute atomic E-state index is 10.4. The Hall–Kier alpha value is -0.920. The molecule has 1 atom stereocenters. The van der Waals surface area contributed by atoms with E-state index in [0.29, 0.717) is 12.2 Å². The first-order valence-electron chi connectivity index (χ1n) is 3.38. The Bertz CT molecular complexity index is 268. The van der Waals surface area contributed by atoms with Gasteiger partial charge in [-0.2, -0.15) is 0 Å². The molecule has 12 heavy (non-hydrogen) atoms. The van der Waals surface area contributed by atoms with E-state index in [4.69, 9.17) is 9.63 Å². The molecular weight excluding hydrogens is 175 g/mol. The van der Waals surface area contributed by atoms with Gasteiger partial charge in [-0.1, -0.05) is 12.1 Å². The molecule has 0 spiro atoms. The second-order valence-electron chi connectivity index (χ2n) is 2.31. The molecule has 0 aliphatic carbocycles. The average Bonchev–Trinajstić information content (AvgIpc) is 2.06. The van der Waals surface area contributed by atoms with Gasteiger partial charge in [0.05, 0.1) is 12.2 Å². The third-order valence-electron chi connectivity index (χ3n) is 1.45. The van der Waals surface area contributed by atoms with E-state index >= 15 is 0 Å². The Morgan fingerprint density at radius 2 is 2.00 bits per heavy atom. The molecule has 0 fully saturated rings. The van der Waals surface area contributed by atoms with Crippen LogP contribution in [0.5, 0.6) is 0 Å². The van der Waals surface area contributed by atoms with E-state index in [-0.39, 0.29) is 0 Å². The topological polar surface area (TPSA) is 46.5 Å². The maximum Gasteiger partial charge on any atom is 0.335 e. The van der Waals surface area contributed by atoms with Crippen LogP contribution in [0.4, 0.5) is 0 Å². The van der Waals surface area contributed by atoms with Crippen molar-refractivity contribution in [3.8, 4) is 0 Å². The standard InChI is InChI=1S/C8H9O3P/c9-8(10)7-3-1-6(2-4-7)5-11-12/h1-4H,5,12H2,(H,9,10). The fraction of sp³-hybridized carbons (Fsp3) is 0.125. The molecule has 0 saturated heterocycles. The summed E-state index contributed by atoms with van der Waals surface area (Å²) in [6.07, 6.45) is 0. The van der Waals surface area contributed by atoms with Crippen molar-refractivity contribution >= 4 is 15.4 Å². The van der Waals surface area contributed by atoms with Gasteiger partial charge in [0.25, 0.3) is 0 Å². The Labute approximate surface area is 72.6 Å². The van der Waals surface area contributed by atoms with Crippen LogP contribution in [0.1, 0.15) is 15.9 Å². The Morgan fingerprint density at radius 1 is 1.42 bits per heavy atom. The van der Waals surface area contributed by atoms with E-state index in [1.165, 1.54) is 0 Å². The zero-order valence-electron chi connectivity index (χ0n) is 6.36. The molecule has 1 aromatic rings. The number of hydrogen-bond acceptors (Lipinski definition) is 2. The number of carboxylic acids is 1. The molecule has 1 N–H and O–H groups in total. The summed E-state index contributed by atoms with van der Waals surface area (Å²) in [5.74, 6) is -0.909. The molecular formula is C8H9O3P. The summed E-state index contributed by atoms with van der Waals surface area (Å²) in [6.45, 7) is 0.477. The predicted octanol–water partition coefficient (Wildman–Crippen LogP) is 1.69. The van der Waals surface area contributed by atoms with Crippen LogP contribution in [0, 0.1) is 0 Å². The number of aromatic carboxylic acids is 1. The number of carbonyl (C=O) groups is 1. The highest BCUT2D eigenvalue weighted by molar-refractivity contribution is 7.09. The Kier molecular flexibility index (Phi) is 3.20. The number of benzene rings is 1. The molecule has 3 nitrogen and oxygen atoms in total. The summed E-state index contributed by atoms with van der Waals surface area (Å²) >= 11 is 0. The smallest absolute Gasteiger partial charge is 0.335 e. The lowest BCUT2D eigenvalue weighted by molar-refractivity contribution is 0.0697. The predicted molar refractivity (Wildman–Crippen MR) is 47.9 cm³/mol. The van der Waals surface area contributed by atoms with E-state index in [2.05, 4.69) is 9.47 Å². The van der Waals surface area contributed by atoms with Gasteiger partial charge in [0.15, 0.2) is 0 Å². The fourth-order valence-electron chi connectivity index (χ4n) is 0.840. The quantitative estimate of drug-likeness (QED) is 0.727. The maximum atomic E-state index is 10.4. The molecule has 0 aliphatic heterocycles. The highest BCUT2D eigenvalue weighted by Crippen LogP contribution is 2.06. The number of carboxylic acid groups (broad SMARTS) is 1. The monoisotopic (exact) mass is 184 g/mol. The summed E-state index contributed by atoms with van der Waals surface area (Å²) < 4.78 is 4.80. The zero-order valence-corrected chi connectivity index (χ0v) is 7.51. The Balaban J connectivity index is 2.78. The van der Waals surface area contributed by atoms with Crippen molar-refractivity contribution in [2.24, 2.45) is 0 Å². The third-order valence-corrected chi connectivity index (χ3v) is 1.62. The largest absolute Gasteiger partial charge is 0.478 e. The van der Waals surface area contributed by atoms with Crippen LogP contribution in [0.3, 0.4) is 0 Å². The summed E-state index contributed by atoms with van der Waals surface area (Å²) in [5, 5.41) is 8.57. The van der Waals surface area contributed by atoms with Crippen LogP contribution in [0.2, 0.25) is 0 Å². The van der Waals surface area contributed by atoms with Crippen molar-refractivity contribution in [1.29, 1.82) is 0 Å². The van der Waals surface area contributed by atoms with Gasteiger partial charge in [-0.25, -0.2) is 4.79 Å². The van der Waals surface area contributed by atoms with Crippen molar-refractivity contribution in [2.75, 3.05) is 0 Å². The molecule has 0 bridgehead atoms. The minimum atomic E-state index is -0.909. The normalized spacial score (nSPS) is 9.75. The second kappa shape index (κ2) is 4.19. The molecule has 0 heterocycles. The SMILES string of the molecule is O=C(O)c1ccc(COP)cc1. The highest BCUT2D eigenvalue weighted by Gasteiger charge is 2.00. The molecule has 4 heteroatoms. The third kappa shape index (κ3) is 2.29. The van der Waals surface area contributed by atoms with Crippen LogP contribution in [-0.2, 0) is 11.1 Å². The second-order valence-corrected chi connectivity index (χ2v) is 2.65. The molecule has 0 aromatic heterocycles. The van der Waals surface area contributed by atoms with Crippen molar-refractivity contribution in [3.05, 3.63) is 35.4 Å². The summed E-state index contributed by atoms with van der Waals surface area (Å²) in [7, 11) is 2.14. The van der Waals surface area contributed by atoms with Crippen LogP contribution in [-0.4, -0.2) is 11.1 Å². The molecule has 0 amide bonds. The van der Waals surface area contributed by atoms with E-state index in [1.807, 2.05) is 0 Å². The lowest BCUT2D eigenvalue weighted by Gasteiger charge is -1.98. The lowest BCUT2D eigenvalue weighted by atomic mass is 10.1. The van der Waals surface area contributed by atoms with Gasteiger partial charge in [-0.15, -0.1) is 0 Å². The van der Waals surface area contributed by atoms with Crippen molar-refractivity contribution in [3.63, 3.8) is 0 Å². The molecule has 0 aliphatic rings. The van der Waals surface area contributed by atoms with Crippen molar-refractivity contribution in [1.82, 2.24) is 0 Å². The van der Waals surface area contributed by atoms with Crippen molar-refractivity contribution < 1.29 is 14.4 Å². The van der Waals surface area contributed by atoms with Crippen molar-refractivity contribution in [2.45, 2.75) is 6.61 Å². The van der Waals surface area contributed by atoms with E-state index in [0.717, 1.165) is 5.56 Å². The van der Waals surface area contributed by atoms with Gasteiger partial charge < -0.3 is 9.63 Å². The summed E-state index contributed by atoms with van der Waals surface area (Å²) in [4.78, 5) is 10.4.